The highest BCUT2D eigenvalue weighted by atomic mass is 19.3. The SMILES string of the molecule is Cc1nc(CC(=O)NC23CC4(F)C2C43)c(C2OCCO2)c(N[C@H](C)c2cccc(C(C)(F)F)c2F)n1. The normalized spacial score (nSPS) is 30.9. The summed E-state index contributed by atoms with van der Waals surface area (Å²) in [5.41, 5.74) is -1.35. The minimum atomic E-state index is -3.34. The summed E-state index contributed by atoms with van der Waals surface area (Å²) in [6.45, 7) is 4.57. The van der Waals surface area contributed by atoms with Crippen LogP contribution in [-0.4, -0.2) is 40.3 Å². The maximum absolute atomic E-state index is 15.0. The van der Waals surface area contributed by atoms with Crippen molar-refractivity contribution in [3.63, 3.8) is 0 Å². The van der Waals surface area contributed by atoms with E-state index in [0.29, 0.717) is 43.6 Å². The highest BCUT2D eigenvalue weighted by Gasteiger charge is 3.05. The Bertz CT molecular complexity index is 1250. The monoisotopic (exact) mass is 506 g/mol. The van der Waals surface area contributed by atoms with Crippen LogP contribution >= 0.6 is 0 Å². The standard InChI is InChI=1S/C25H26F4N4O3/c1-11(13-5-4-6-14(18(13)26)23(3,27)28)30-21-17(22-35-7-8-36-22)15(31-12(2)32-21)9-16(34)33-25-10-24(29)19(25)20(24)25/h4-6,11,19-20,22H,7-10H2,1-3H3,(H,33,34)(H,30,31,32)/t11-,19?,20?,24?,25?/m1/s1. The first kappa shape index (κ1) is 23.6. The predicted molar refractivity (Wildman–Crippen MR) is 119 cm³/mol. The van der Waals surface area contributed by atoms with Gasteiger partial charge >= 0.3 is 0 Å². The molecule has 4 saturated carbocycles. The number of hydrogen-bond acceptors (Lipinski definition) is 6. The maximum atomic E-state index is 15.0. The Hall–Kier alpha value is -2.79. The number of halogens is 4. The molecule has 2 heterocycles. The van der Waals surface area contributed by atoms with E-state index in [-0.39, 0.29) is 35.5 Å². The van der Waals surface area contributed by atoms with Crippen LogP contribution < -0.4 is 10.6 Å². The molecule has 1 amide bonds. The average Bonchev–Trinajstić information content (AvgIpc) is 3.38. The molecule has 1 aromatic carbocycles. The van der Waals surface area contributed by atoms with E-state index in [2.05, 4.69) is 20.6 Å². The Balaban J connectivity index is 1.28. The Morgan fingerprint density at radius 3 is 2.56 bits per heavy atom. The van der Waals surface area contributed by atoms with E-state index in [1.807, 2.05) is 0 Å². The lowest BCUT2D eigenvalue weighted by Crippen LogP contribution is -2.61. The Labute approximate surface area is 205 Å². The van der Waals surface area contributed by atoms with Gasteiger partial charge in [-0.3, -0.25) is 4.79 Å². The number of hydrogen-bond donors (Lipinski definition) is 2. The van der Waals surface area contributed by atoms with E-state index in [9.17, 15) is 18.0 Å². The number of nitrogens with one attached hydrogen (secondary N) is 2. The second-order valence-corrected chi connectivity index (χ2v) is 10.3. The molecule has 0 radical (unpaired) electrons. The number of nitrogens with zero attached hydrogens (tertiary/aromatic N) is 2. The van der Waals surface area contributed by atoms with Gasteiger partial charge in [-0.25, -0.2) is 27.5 Å². The Morgan fingerprint density at radius 1 is 1.25 bits per heavy atom. The molecular weight excluding hydrogens is 480 g/mol. The van der Waals surface area contributed by atoms with Crippen molar-refractivity contribution in [2.75, 3.05) is 18.5 Å². The van der Waals surface area contributed by atoms with E-state index >= 15 is 4.39 Å². The van der Waals surface area contributed by atoms with Gasteiger partial charge in [-0.05, 0) is 13.8 Å². The molecule has 3 atom stereocenters. The van der Waals surface area contributed by atoms with Crippen molar-refractivity contribution in [3.8, 4) is 0 Å². The number of aromatic nitrogens is 2. The maximum Gasteiger partial charge on any atom is 0.273 e. The number of amides is 1. The number of carbonyl (C=O) groups is 1. The van der Waals surface area contributed by atoms with Crippen molar-refractivity contribution in [1.29, 1.82) is 0 Å². The summed E-state index contributed by atoms with van der Waals surface area (Å²) in [6.07, 6.45) is -0.594. The van der Waals surface area contributed by atoms with Crippen molar-refractivity contribution in [3.05, 3.63) is 52.2 Å². The molecule has 36 heavy (non-hydrogen) atoms. The third kappa shape index (κ3) is 3.42. The van der Waals surface area contributed by atoms with Gasteiger partial charge in [0.05, 0.1) is 48.0 Å². The fourth-order valence-electron chi connectivity index (χ4n) is 6.05. The second kappa shape index (κ2) is 7.61. The molecule has 2 unspecified atom stereocenters. The summed E-state index contributed by atoms with van der Waals surface area (Å²) in [7, 11) is 0. The molecule has 1 saturated heterocycles. The molecule has 192 valence electrons. The molecule has 7 nitrogen and oxygen atoms in total. The molecule has 5 aliphatic rings. The lowest BCUT2D eigenvalue weighted by molar-refractivity contribution is -0.125. The van der Waals surface area contributed by atoms with Gasteiger partial charge in [0.15, 0.2) is 6.29 Å². The van der Waals surface area contributed by atoms with Crippen LogP contribution in [0.5, 0.6) is 0 Å². The molecule has 0 spiro atoms. The lowest BCUT2D eigenvalue weighted by Gasteiger charge is -2.44. The summed E-state index contributed by atoms with van der Waals surface area (Å²) in [4.78, 5) is 21.7. The molecule has 1 aromatic heterocycles. The zero-order chi connectivity index (χ0) is 25.6. The number of anilines is 1. The van der Waals surface area contributed by atoms with E-state index in [1.54, 1.807) is 13.8 Å². The summed E-state index contributed by atoms with van der Waals surface area (Å²) < 4.78 is 68.0. The van der Waals surface area contributed by atoms with Gasteiger partial charge in [-0.15, -0.1) is 0 Å². The van der Waals surface area contributed by atoms with Gasteiger partial charge in [0.2, 0.25) is 5.91 Å². The third-order valence-corrected chi connectivity index (χ3v) is 7.84. The van der Waals surface area contributed by atoms with Crippen molar-refractivity contribution < 1.29 is 31.8 Å². The first-order chi connectivity index (χ1) is 17.0. The number of alkyl halides is 3. The fourth-order valence-corrected chi connectivity index (χ4v) is 6.05. The molecule has 5 fully saturated rings. The van der Waals surface area contributed by atoms with Crippen molar-refractivity contribution in [2.45, 2.75) is 63.1 Å². The number of rotatable bonds is 8. The summed E-state index contributed by atoms with van der Waals surface area (Å²) >= 11 is 0. The van der Waals surface area contributed by atoms with Crippen LogP contribution in [0.3, 0.4) is 0 Å². The minimum Gasteiger partial charge on any atom is -0.363 e. The molecule has 2 bridgehead atoms. The van der Waals surface area contributed by atoms with E-state index in [1.165, 1.54) is 12.1 Å². The molecule has 1 aliphatic heterocycles. The third-order valence-electron chi connectivity index (χ3n) is 7.84. The van der Waals surface area contributed by atoms with Gasteiger partial charge in [0.25, 0.3) is 5.92 Å². The summed E-state index contributed by atoms with van der Waals surface area (Å²) in [5.74, 6) is -4.13. The van der Waals surface area contributed by atoms with Crippen LogP contribution in [0.1, 0.15) is 60.8 Å². The van der Waals surface area contributed by atoms with Crippen molar-refractivity contribution >= 4 is 11.7 Å². The second-order valence-electron chi connectivity index (χ2n) is 10.3. The zero-order valence-corrected chi connectivity index (χ0v) is 20.0. The van der Waals surface area contributed by atoms with Crippen LogP contribution in [-0.2, 0) is 26.6 Å². The lowest BCUT2D eigenvalue weighted by atomic mass is 9.73. The summed E-state index contributed by atoms with van der Waals surface area (Å²) in [6, 6.07) is 3.11. The summed E-state index contributed by atoms with van der Waals surface area (Å²) in [5, 5.41) is 6.05. The number of benzene rings is 1. The topological polar surface area (TPSA) is 85.4 Å². The van der Waals surface area contributed by atoms with Crippen molar-refractivity contribution in [1.82, 2.24) is 15.3 Å². The number of carbonyl (C=O) groups excluding carboxylic acids is 1. The molecule has 2 aromatic rings. The van der Waals surface area contributed by atoms with Gasteiger partial charge in [0, 0.05) is 30.7 Å². The number of ether oxygens (including phenoxy) is 2. The van der Waals surface area contributed by atoms with Crippen molar-refractivity contribution in [2.24, 2.45) is 11.8 Å². The molecule has 7 rings (SSSR count). The predicted octanol–water partition coefficient (Wildman–Crippen LogP) is 4.02. The Kier molecular flexibility index (Phi) is 4.99. The van der Waals surface area contributed by atoms with Gasteiger partial charge in [0.1, 0.15) is 23.1 Å². The van der Waals surface area contributed by atoms with Gasteiger partial charge in [-0.2, -0.15) is 0 Å². The largest absolute Gasteiger partial charge is 0.363 e. The van der Waals surface area contributed by atoms with Crippen LogP contribution in [0, 0.1) is 24.6 Å². The molecule has 2 N–H and O–H groups in total. The fraction of sp³-hybridized carbons (Fsp3) is 0.560. The van der Waals surface area contributed by atoms with E-state index in [4.69, 9.17) is 9.47 Å². The highest BCUT2D eigenvalue weighted by molar-refractivity contribution is 5.82. The van der Waals surface area contributed by atoms with E-state index in [0.717, 1.165) is 6.07 Å². The first-order valence-electron chi connectivity index (χ1n) is 12.0. The van der Waals surface area contributed by atoms with Crippen LogP contribution in [0.25, 0.3) is 0 Å². The average molecular weight is 507 g/mol. The smallest absolute Gasteiger partial charge is 0.273 e. The number of aryl methyl sites for hydroxylation is 1. The minimum absolute atomic E-state index is 0.0375. The van der Waals surface area contributed by atoms with E-state index < -0.39 is 40.8 Å². The Morgan fingerprint density at radius 2 is 1.94 bits per heavy atom. The first-order valence-corrected chi connectivity index (χ1v) is 12.0. The van der Waals surface area contributed by atoms with Crippen LogP contribution in [0.15, 0.2) is 18.2 Å². The van der Waals surface area contributed by atoms with Crippen LogP contribution in [0.4, 0.5) is 23.4 Å². The van der Waals surface area contributed by atoms with Gasteiger partial charge < -0.3 is 20.1 Å². The molecule has 11 heteroatoms. The van der Waals surface area contributed by atoms with Gasteiger partial charge in [-0.1, -0.05) is 18.2 Å². The van der Waals surface area contributed by atoms with Crippen LogP contribution in [0.2, 0.25) is 0 Å². The zero-order valence-electron chi connectivity index (χ0n) is 20.0. The quantitative estimate of drug-likeness (QED) is 0.526. The highest BCUT2D eigenvalue weighted by Crippen LogP contribution is 2.94. The molecule has 4 aliphatic carbocycles. The molecular formula is C25H26F4N4O3.